The van der Waals surface area contributed by atoms with Gasteiger partial charge in [0.1, 0.15) is 4.90 Å². The Morgan fingerprint density at radius 1 is 1.20 bits per heavy atom. The van der Waals surface area contributed by atoms with Gasteiger partial charge in [-0.25, -0.2) is 8.42 Å². The Morgan fingerprint density at radius 2 is 1.84 bits per heavy atom. The van der Waals surface area contributed by atoms with E-state index >= 15 is 0 Å². The quantitative estimate of drug-likeness (QED) is 0.833. The third kappa shape index (κ3) is 4.05. The monoisotopic (exact) mass is 392 g/mol. The molecule has 0 aromatic heterocycles. The number of hydrogen-bond donors (Lipinski definition) is 2. The summed E-state index contributed by atoms with van der Waals surface area (Å²) in [5.74, 6) is -0.892. The molecule has 0 heterocycles. The molecule has 2 aromatic carbocycles. The topological polar surface area (TPSA) is 89.3 Å². The van der Waals surface area contributed by atoms with Crippen LogP contribution in [0.4, 0.5) is 18.9 Å². The van der Waals surface area contributed by atoms with Crippen LogP contribution in [0.2, 0.25) is 5.02 Å². The van der Waals surface area contributed by atoms with Gasteiger partial charge in [-0.1, -0.05) is 23.7 Å². The van der Waals surface area contributed by atoms with Crippen LogP contribution >= 0.6 is 11.6 Å². The minimum absolute atomic E-state index is 0.119. The molecule has 25 heavy (non-hydrogen) atoms. The summed E-state index contributed by atoms with van der Waals surface area (Å²) >= 11 is 5.76. The fourth-order valence-electron chi connectivity index (χ4n) is 2.08. The van der Waals surface area contributed by atoms with Gasteiger partial charge in [0.2, 0.25) is 0 Å². The number of nitrogens with two attached hydrogens (primary N) is 1. The number of amides is 1. The van der Waals surface area contributed by atoms with E-state index < -0.39 is 37.6 Å². The van der Waals surface area contributed by atoms with Crippen LogP contribution < -0.4 is 10.5 Å². The fraction of sp³-hybridized carbons (Fsp3) is 0.133. The second-order valence-corrected chi connectivity index (χ2v) is 7.17. The van der Waals surface area contributed by atoms with Gasteiger partial charge in [0.05, 0.1) is 21.8 Å². The summed E-state index contributed by atoms with van der Waals surface area (Å²) in [7, 11) is -4.50. The number of carbonyl (C=O) groups excluding carboxylic acids is 1. The zero-order chi connectivity index (χ0) is 19.0. The normalized spacial score (nSPS) is 12.0. The summed E-state index contributed by atoms with van der Waals surface area (Å²) in [5, 5.41) is -0.394. The minimum atomic E-state index is -4.74. The molecule has 0 saturated heterocycles. The molecule has 2 aromatic rings. The Labute approximate surface area is 146 Å². The SMILES string of the molecule is Cc1cccc(C(N)=O)c1NS(=O)(=O)c1cc(C(F)(F)F)ccc1Cl. The van der Waals surface area contributed by atoms with Gasteiger partial charge in [0.15, 0.2) is 0 Å². The number of primary amides is 1. The summed E-state index contributed by atoms with van der Waals surface area (Å²) in [6, 6.07) is 6.23. The van der Waals surface area contributed by atoms with Gasteiger partial charge in [-0.15, -0.1) is 0 Å². The number of anilines is 1. The van der Waals surface area contributed by atoms with E-state index in [1.54, 1.807) is 0 Å². The van der Waals surface area contributed by atoms with Crippen LogP contribution in [0.5, 0.6) is 0 Å². The van der Waals surface area contributed by atoms with Crippen molar-refractivity contribution in [2.45, 2.75) is 18.0 Å². The number of carbonyl (C=O) groups is 1. The van der Waals surface area contributed by atoms with Crippen molar-refractivity contribution >= 4 is 33.2 Å². The summed E-state index contributed by atoms with van der Waals surface area (Å²) < 4.78 is 65.6. The highest BCUT2D eigenvalue weighted by atomic mass is 35.5. The molecule has 1 amide bonds. The molecule has 0 spiro atoms. The number of aryl methyl sites for hydroxylation is 1. The van der Waals surface area contributed by atoms with E-state index in [-0.39, 0.29) is 11.3 Å². The van der Waals surface area contributed by atoms with Gasteiger partial charge < -0.3 is 5.73 Å². The molecule has 0 saturated carbocycles. The number of hydrogen-bond acceptors (Lipinski definition) is 3. The van der Waals surface area contributed by atoms with Gasteiger partial charge in [-0.2, -0.15) is 13.2 Å². The van der Waals surface area contributed by atoms with E-state index in [0.717, 1.165) is 6.07 Å². The zero-order valence-electron chi connectivity index (χ0n) is 12.7. The number of nitrogens with one attached hydrogen (secondary N) is 1. The van der Waals surface area contributed by atoms with Crippen LogP contribution in [0.25, 0.3) is 0 Å². The van der Waals surface area contributed by atoms with Gasteiger partial charge in [0, 0.05) is 0 Å². The molecule has 0 aliphatic carbocycles. The van der Waals surface area contributed by atoms with Crippen LogP contribution in [-0.2, 0) is 16.2 Å². The average molecular weight is 393 g/mol. The Kier molecular flexibility index (Phi) is 5.01. The third-order valence-electron chi connectivity index (χ3n) is 3.32. The Hall–Kier alpha value is -2.26. The molecule has 2 rings (SSSR count). The van der Waals surface area contributed by atoms with Crippen LogP contribution in [0.3, 0.4) is 0 Å². The lowest BCUT2D eigenvalue weighted by Gasteiger charge is -2.15. The minimum Gasteiger partial charge on any atom is -0.366 e. The highest BCUT2D eigenvalue weighted by molar-refractivity contribution is 7.92. The van der Waals surface area contributed by atoms with Gasteiger partial charge >= 0.3 is 6.18 Å². The number of para-hydroxylation sites is 1. The molecule has 10 heteroatoms. The first-order chi connectivity index (χ1) is 11.4. The molecular weight excluding hydrogens is 381 g/mol. The first-order valence-electron chi connectivity index (χ1n) is 6.72. The van der Waals surface area contributed by atoms with E-state index in [9.17, 15) is 26.4 Å². The number of rotatable bonds is 4. The molecule has 0 bridgehead atoms. The van der Waals surface area contributed by atoms with E-state index in [1.807, 2.05) is 0 Å². The molecule has 0 radical (unpaired) electrons. The summed E-state index contributed by atoms with van der Waals surface area (Å²) in [6.07, 6.45) is -4.74. The lowest BCUT2D eigenvalue weighted by molar-refractivity contribution is -0.137. The highest BCUT2D eigenvalue weighted by Crippen LogP contribution is 2.34. The Bertz CT molecular complexity index is 944. The largest absolute Gasteiger partial charge is 0.416 e. The summed E-state index contributed by atoms with van der Waals surface area (Å²) in [4.78, 5) is 10.7. The van der Waals surface area contributed by atoms with Crippen molar-refractivity contribution in [3.63, 3.8) is 0 Å². The summed E-state index contributed by atoms with van der Waals surface area (Å²) in [6.45, 7) is 1.51. The molecule has 0 aliphatic heterocycles. The lowest BCUT2D eigenvalue weighted by atomic mass is 10.1. The first kappa shape index (κ1) is 19.1. The number of benzene rings is 2. The number of sulfonamides is 1. The maximum atomic E-state index is 12.8. The number of alkyl halides is 3. The van der Waals surface area contributed by atoms with Crippen molar-refractivity contribution in [1.82, 2.24) is 0 Å². The molecule has 0 unspecified atom stereocenters. The van der Waals surface area contributed by atoms with Crippen LogP contribution in [0.1, 0.15) is 21.5 Å². The fourth-order valence-corrected chi connectivity index (χ4v) is 3.76. The van der Waals surface area contributed by atoms with Crippen LogP contribution in [0, 0.1) is 6.92 Å². The maximum absolute atomic E-state index is 12.8. The molecule has 3 N–H and O–H groups in total. The Balaban J connectivity index is 2.57. The van der Waals surface area contributed by atoms with Crippen molar-refractivity contribution in [2.24, 2.45) is 5.73 Å². The smallest absolute Gasteiger partial charge is 0.366 e. The first-order valence-corrected chi connectivity index (χ1v) is 8.58. The zero-order valence-corrected chi connectivity index (χ0v) is 14.3. The predicted octanol–water partition coefficient (Wildman–Crippen LogP) is 3.57. The molecule has 134 valence electrons. The van der Waals surface area contributed by atoms with Gasteiger partial charge in [0.25, 0.3) is 15.9 Å². The van der Waals surface area contributed by atoms with E-state index in [4.69, 9.17) is 17.3 Å². The molecule has 0 fully saturated rings. The van der Waals surface area contributed by atoms with Gasteiger partial charge in [-0.05, 0) is 36.8 Å². The van der Waals surface area contributed by atoms with Crippen molar-refractivity contribution in [3.8, 4) is 0 Å². The van der Waals surface area contributed by atoms with Crippen molar-refractivity contribution in [3.05, 3.63) is 58.1 Å². The number of halogens is 4. The van der Waals surface area contributed by atoms with E-state index in [0.29, 0.717) is 17.7 Å². The molecule has 0 aliphatic rings. The van der Waals surface area contributed by atoms with Crippen LogP contribution in [-0.4, -0.2) is 14.3 Å². The van der Waals surface area contributed by atoms with E-state index in [2.05, 4.69) is 4.72 Å². The predicted molar refractivity (Wildman–Crippen MR) is 87.0 cm³/mol. The second-order valence-electron chi connectivity index (χ2n) is 5.11. The van der Waals surface area contributed by atoms with E-state index in [1.165, 1.54) is 25.1 Å². The van der Waals surface area contributed by atoms with Crippen molar-refractivity contribution in [2.75, 3.05) is 4.72 Å². The molecule has 5 nitrogen and oxygen atoms in total. The standard InChI is InChI=1S/C15H12ClF3N2O3S/c1-8-3-2-4-10(14(20)22)13(8)21-25(23,24)12-7-9(15(17,18)19)5-6-11(12)16/h2-7,21H,1H3,(H2,20,22). The van der Waals surface area contributed by atoms with Gasteiger partial charge in [-0.3, -0.25) is 9.52 Å². The Morgan fingerprint density at radius 3 is 2.40 bits per heavy atom. The highest BCUT2D eigenvalue weighted by Gasteiger charge is 2.33. The summed E-state index contributed by atoms with van der Waals surface area (Å²) in [5.41, 5.74) is 4.16. The second kappa shape index (κ2) is 6.57. The maximum Gasteiger partial charge on any atom is 0.416 e. The van der Waals surface area contributed by atoms with Crippen molar-refractivity contribution in [1.29, 1.82) is 0 Å². The third-order valence-corrected chi connectivity index (χ3v) is 5.15. The average Bonchev–Trinajstić information content (AvgIpc) is 2.48. The lowest BCUT2D eigenvalue weighted by Crippen LogP contribution is -2.20. The van der Waals surface area contributed by atoms with Crippen LogP contribution in [0.15, 0.2) is 41.3 Å². The van der Waals surface area contributed by atoms with Crippen molar-refractivity contribution < 1.29 is 26.4 Å². The molecular formula is C15H12ClF3N2O3S. The molecule has 0 atom stereocenters.